The molecule has 1 unspecified atom stereocenters. The summed E-state index contributed by atoms with van der Waals surface area (Å²) in [6, 6.07) is 8.89. The third-order valence-electron chi connectivity index (χ3n) is 1.82. The van der Waals surface area contributed by atoms with E-state index in [0.29, 0.717) is 0 Å². The van der Waals surface area contributed by atoms with Crippen LogP contribution in [0.2, 0.25) is 0 Å². The summed E-state index contributed by atoms with van der Waals surface area (Å²) in [5, 5.41) is 0. The van der Waals surface area contributed by atoms with Crippen LogP contribution in [0.4, 0.5) is 0 Å². The van der Waals surface area contributed by atoms with Crippen LogP contribution in [0.5, 0.6) is 0 Å². The Morgan fingerprint density at radius 3 is 2.36 bits per heavy atom. The molecule has 1 N–H and O–H groups in total. The average molecular weight is 216 g/mol. The minimum atomic E-state index is -4.01. The molecule has 1 rings (SSSR count). The maximum atomic E-state index is 10.6. The minimum absolute atomic E-state index is 0.423. The van der Waals surface area contributed by atoms with Crippen LogP contribution >= 0.6 is 0 Å². The van der Waals surface area contributed by atoms with Gasteiger partial charge in [-0.05, 0) is 5.56 Å². The van der Waals surface area contributed by atoms with Crippen molar-refractivity contribution < 1.29 is 17.7 Å². The molecule has 0 aliphatic heterocycles. The summed E-state index contributed by atoms with van der Waals surface area (Å²) in [6.45, 7) is 0. The van der Waals surface area contributed by atoms with Gasteiger partial charge >= 0.3 is 0 Å². The molecule has 4 nitrogen and oxygen atoms in total. The van der Waals surface area contributed by atoms with E-state index < -0.39 is 22.0 Å². The molecular formula is C9H12O4S. The summed E-state index contributed by atoms with van der Waals surface area (Å²) < 4.78 is 34.9. The molecule has 0 spiro atoms. The highest BCUT2D eigenvalue weighted by atomic mass is 32.2. The van der Waals surface area contributed by atoms with Crippen LogP contribution < -0.4 is 0 Å². The fourth-order valence-electron chi connectivity index (χ4n) is 1.16. The maximum Gasteiger partial charge on any atom is 0.267 e. The van der Waals surface area contributed by atoms with Gasteiger partial charge in [-0.2, -0.15) is 8.42 Å². The number of ether oxygens (including phenoxy) is 1. The van der Waals surface area contributed by atoms with Gasteiger partial charge in [-0.3, -0.25) is 4.55 Å². The van der Waals surface area contributed by atoms with Gasteiger partial charge < -0.3 is 4.74 Å². The van der Waals surface area contributed by atoms with Gasteiger partial charge in [0.2, 0.25) is 0 Å². The molecule has 0 radical (unpaired) electrons. The molecule has 0 heterocycles. The Kier molecular flexibility index (Phi) is 3.62. The lowest BCUT2D eigenvalue weighted by molar-refractivity contribution is 0.120. The molecule has 14 heavy (non-hydrogen) atoms. The average Bonchev–Trinajstić information content (AvgIpc) is 2.14. The van der Waals surface area contributed by atoms with Crippen molar-refractivity contribution in [1.29, 1.82) is 0 Å². The molecule has 5 heteroatoms. The highest BCUT2D eigenvalue weighted by Gasteiger charge is 2.17. The van der Waals surface area contributed by atoms with E-state index in [-0.39, 0.29) is 0 Å². The summed E-state index contributed by atoms with van der Waals surface area (Å²) in [6.07, 6.45) is -0.619. The van der Waals surface area contributed by atoms with E-state index >= 15 is 0 Å². The smallest absolute Gasteiger partial charge is 0.267 e. The van der Waals surface area contributed by atoms with Crippen LogP contribution in [-0.2, 0) is 14.9 Å². The van der Waals surface area contributed by atoms with Crippen LogP contribution in [0.15, 0.2) is 30.3 Å². The Balaban J connectivity index is 2.84. The lowest BCUT2D eigenvalue weighted by atomic mass is 10.1. The molecule has 0 saturated heterocycles. The molecule has 0 aliphatic carbocycles. The zero-order chi connectivity index (χ0) is 10.6. The Hall–Kier alpha value is -0.910. The zero-order valence-corrected chi connectivity index (χ0v) is 8.57. The molecule has 1 atom stereocenters. The second-order valence-electron chi connectivity index (χ2n) is 2.88. The lowest BCUT2D eigenvalue weighted by Gasteiger charge is -2.13. The highest BCUT2D eigenvalue weighted by Crippen LogP contribution is 2.17. The van der Waals surface area contributed by atoms with E-state index in [1.54, 1.807) is 24.3 Å². The normalized spacial score (nSPS) is 13.9. The first-order valence-corrected chi connectivity index (χ1v) is 5.67. The van der Waals surface area contributed by atoms with E-state index in [1.165, 1.54) is 7.11 Å². The maximum absolute atomic E-state index is 10.6. The first kappa shape index (κ1) is 11.2. The van der Waals surface area contributed by atoms with E-state index in [0.717, 1.165) is 5.56 Å². The van der Waals surface area contributed by atoms with Crippen LogP contribution in [-0.4, -0.2) is 25.8 Å². The molecule has 78 valence electrons. The molecule has 0 bridgehead atoms. The number of rotatable bonds is 4. The highest BCUT2D eigenvalue weighted by molar-refractivity contribution is 7.85. The van der Waals surface area contributed by atoms with Crippen molar-refractivity contribution in [1.82, 2.24) is 0 Å². The Morgan fingerprint density at radius 1 is 1.36 bits per heavy atom. The number of hydrogen-bond donors (Lipinski definition) is 1. The van der Waals surface area contributed by atoms with Crippen molar-refractivity contribution in [3.05, 3.63) is 35.9 Å². The van der Waals surface area contributed by atoms with E-state index in [9.17, 15) is 8.42 Å². The predicted molar refractivity (Wildman–Crippen MR) is 52.6 cm³/mol. The summed E-state index contributed by atoms with van der Waals surface area (Å²) in [4.78, 5) is 0. The van der Waals surface area contributed by atoms with Gasteiger partial charge in [-0.1, -0.05) is 30.3 Å². The first-order valence-electron chi connectivity index (χ1n) is 4.06. The van der Waals surface area contributed by atoms with E-state index in [2.05, 4.69) is 0 Å². The van der Waals surface area contributed by atoms with Crippen molar-refractivity contribution >= 4 is 10.1 Å². The van der Waals surface area contributed by atoms with Gasteiger partial charge in [0, 0.05) is 7.11 Å². The van der Waals surface area contributed by atoms with Crippen molar-refractivity contribution in [3.8, 4) is 0 Å². The lowest BCUT2D eigenvalue weighted by Crippen LogP contribution is -2.15. The standard InChI is InChI=1S/C9H12O4S/c1-13-9(7-14(10,11)12)8-5-3-2-4-6-8/h2-6,9H,7H2,1H3,(H,10,11,12). The summed E-state index contributed by atoms with van der Waals surface area (Å²) in [5.74, 6) is -0.423. The fourth-order valence-corrected chi connectivity index (χ4v) is 1.87. The fraction of sp³-hybridized carbons (Fsp3) is 0.333. The number of hydrogen-bond acceptors (Lipinski definition) is 3. The molecule has 1 aromatic carbocycles. The third-order valence-corrected chi connectivity index (χ3v) is 2.54. The van der Waals surface area contributed by atoms with Crippen molar-refractivity contribution in [2.45, 2.75) is 6.10 Å². The van der Waals surface area contributed by atoms with Gasteiger partial charge in [-0.15, -0.1) is 0 Å². The predicted octanol–water partition coefficient (Wildman–Crippen LogP) is 1.26. The van der Waals surface area contributed by atoms with Crippen LogP contribution in [0, 0.1) is 0 Å². The molecule has 0 fully saturated rings. The van der Waals surface area contributed by atoms with Crippen LogP contribution in [0.25, 0.3) is 0 Å². The van der Waals surface area contributed by atoms with Crippen molar-refractivity contribution in [2.24, 2.45) is 0 Å². The minimum Gasteiger partial charge on any atom is -0.376 e. The molecule has 0 aliphatic rings. The van der Waals surface area contributed by atoms with Gasteiger partial charge in [-0.25, -0.2) is 0 Å². The van der Waals surface area contributed by atoms with E-state index in [1.807, 2.05) is 6.07 Å². The van der Waals surface area contributed by atoms with Crippen LogP contribution in [0.1, 0.15) is 11.7 Å². The summed E-state index contributed by atoms with van der Waals surface area (Å²) in [5.41, 5.74) is 0.729. The monoisotopic (exact) mass is 216 g/mol. The molecular weight excluding hydrogens is 204 g/mol. The molecule has 0 saturated carbocycles. The Morgan fingerprint density at radius 2 is 1.93 bits per heavy atom. The Labute approximate surface area is 83.3 Å². The molecule has 1 aromatic rings. The second-order valence-corrected chi connectivity index (χ2v) is 4.38. The van der Waals surface area contributed by atoms with Gasteiger partial charge in [0.1, 0.15) is 5.75 Å². The topological polar surface area (TPSA) is 63.6 Å². The van der Waals surface area contributed by atoms with Crippen LogP contribution in [0.3, 0.4) is 0 Å². The quantitative estimate of drug-likeness (QED) is 0.770. The SMILES string of the molecule is COC(CS(=O)(=O)O)c1ccccc1. The van der Waals surface area contributed by atoms with Gasteiger partial charge in [0.15, 0.2) is 0 Å². The Bertz CT molecular complexity index is 371. The summed E-state index contributed by atoms with van der Waals surface area (Å²) in [7, 11) is -2.60. The first-order chi connectivity index (χ1) is 6.53. The number of benzene rings is 1. The molecule has 0 aromatic heterocycles. The number of methoxy groups -OCH3 is 1. The second kappa shape index (κ2) is 4.54. The van der Waals surface area contributed by atoms with E-state index in [4.69, 9.17) is 9.29 Å². The van der Waals surface area contributed by atoms with Gasteiger partial charge in [0.05, 0.1) is 6.10 Å². The zero-order valence-electron chi connectivity index (χ0n) is 7.75. The molecule has 0 amide bonds. The van der Waals surface area contributed by atoms with Gasteiger partial charge in [0.25, 0.3) is 10.1 Å². The summed E-state index contributed by atoms with van der Waals surface area (Å²) >= 11 is 0. The van der Waals surface area contributed by atoms with Crippen molar-refractivity contribution in [3.63, 3.8) is 0 Å². The van der Waals surface area contributed by atoms with Crippen molar-refractivity contribution in [2.75, 3.05) is 12.9 Å². The largest absolute Gasteiger partial charge is 0.376 e. The third kappa shape index (κ3) is 3.45.